The molecule has 3 amide bonds. The van der Waals surface area contributed by atoms with E-state index in [-0.39, 0.29) is 19.6 Å². The molecule has 2 unspecified atom stereocenters. The molecular formula is C28H32BN3O5. The Labute approximate surface area is 217 Å². The highest BCUT2D eigenvalue weighted by Gasteiger charge is 2.27. The quantitative estimate of drug-likeness (QED) is 0.285. The summed E-state index contributed by atoms with van der Waals surface area (Å²) in [6.45, 7) is 0.535. The molecule has 0 spiro atoms. The molecule has 3 rings (SSSR count). The van der Waals surface area contributed by atoms with Gasteiger partial charge in [0.25, 0.3) is 0 Å². The molecule has 8 nitrogen and oxygen atoms in total. The van der Waals surface area contributed by atoms with E-state index in [1.54, 1.807) is 6.82 Å². The lowest BCUT2D eigenvalue weighted by atomic mass is 9.61. The number of hydrogen-bond acceptors (Lipinski definition) is 5. The maximum absolute atomic E-state index is 13.2. The second-order valence-corrected chi connectivity index (χ2v) is 8.77. The molecule has 0 heterocycles. The van der Waals surface area contributed by atoms with Gasteiger partial charge in [0.15, 0.2) is 0 Å². The Morgan fingerprint density at radius 2 is 1.30 bits per heavy atom. The number of nitrogens with one attached hydrogen (secondary N) is 3. The molecule has 0 saturated carbocycles. The first-order chi connectivity index (χ1) is 17.9. The van der Waals surface area contributed by atoms with Gasteiger partial charge in [-0.2, -0.15) is 0 Å². The highest BCUT2D eigenvalue weighted by Crippen LogP contribution is 2.08. The minimum atomic E-state index is -0.908. The minimum absolute atomic E-state index is 0.0788. The lowest BCUT2D eigenvalue weighted by Crippen LogP contribution is -2.55. The summed E-state index contributed by atoms with van der Waals surface area (Å²) in [5, 5.41) is 18.3. The Balaban J connectivity index is 1.59. The van der Waals surface area contributed by atoms with E-state index in [9.17, 15) is 19.4 Å². The van der Waals surface area contributed by atoms with E-state index >= 15 is 0 Å². The molecule has 0 aliphatic heterocycles. The average Bonchev–Trinajstić information content (AvgIpc) is 2.91. The SMILES string of the molecule is CB(O)C(Cc1ccccc1)NC(=O)C(Cc1ccccc1)NC(=O)CNC(=O)OCc1ccccc1. The van der Waals surface area contributed by atoms with Gasteiger partial charge in [0.1, 0.15) is 19.2 Å². The van der Waals surface area contributed by atoms with Gasteiger partial charge < -0.3 is 25.7 Å². The number of benzene rings is 3. The zero-order chi connectivity index (χ0) is 26.5. The van der Waals surface area contributed by atoms with Crippen LogP contribution < -0.4 is 16.0 Å². The zero-order valence-corrected chi connectivity index (χ0v) is 20.8. The Morgan fingerprint density at radius 3 is 1.84 bits per heavy atom. The number of hydrogen-bond donors (Lipinski definition) is 4. The Hall–Kier alpha value is -4.11. The van der Waals surface area contributed by atoms with Crippen LogP contribution in [0.25, 0.3) is 0 Å². The summed E-state index contributed by atoms with van der Waals surface area (Å²) < 4.78 is 5.13. The highest BCUT2D eigenvalue weighted by molar-refractivity contribution is 6.51. The molecule has 0 fully saturated rings. The van der Waals surface area contributed by atoms with Crippen LogP contribution in [0.2, 0.25) is 6.82 Å². The first kappa shape index (κ1) is 27.5. The van der Waals surface area contributed by atoms with Gasteiger partial charge in [-0.15, -0.1) is 0 Å². The fourth-order valence-corrected chi connectivity index (χ4v) is 3.72. The van der Waals surface area contributed by atoms with Crippen molar-refractivity contribution in [1.29, 1.82) is 0 Å². The molecule has 37 heavy (non-hydrogen) atoms. The molecular weight excluding hydrogens is 469 g/mol. The van der Waals surface area contributed by atoms with Crippen molar-refractivity contribution >= 4 is 24.8 Å². The van der Waals surface area contributed by atoms with Gasteiger partial charge in [0.2, 0.25) is 11.8 Å². The molecule has 0 radical (unpaired) electrons. The van der Waals surface area contributed by atoms with Gasteiger partial charge in [0.05, 0.1) is 0 Å². The smallest absolute Gasteiger partial charge is 0.407 e. The predicted octanol–water partition coefficient (Wildman–Crippen LogP) is 2.52. The lowest BCUT2D eigenvalue weighted by Gasteiger charge is -2.24. The summed E-state index contributed by atoms with van der Waals surface area (Å²) >= 11 is 0. The first-order valence-corrected chi connectivity index (χ1v) is 12.2. The second kappa shape index (κ2) is 14.5. The van der Waals surface area contributed by atoms with Crippen molar-refractivity contribution in [3.63, 3.8) is 0 Å². The van der Waals surface area contributed by atoms with Crippen molar-refractivity contribution < 1.29 is 24.1 Å². The first-order valence-electron chi connectivity index (χ1n) is 12.2. The highest BCUT2D eigenvalue weighted by atomic mass is 16.5. The number of alkyl carbamates (subject to hydrolysis) is 1. The fraction of sp³-hybridized carbons (Fsp3) is 0.250. The van der Waals surface area contributed by atoms with Gasteiger partial charge in [-0.25, -0.2) is 4.79 Å². The van der Waals surface area contributed by atoms with Crippen LogP contribution in [0.1, 0.15) is 16.7 Å². The van der Waals surface area contributed by atoms with E-state index in [0.29, 0.717) is 6.42 Å². The molecule has 0 bridgehead atoms. The van der Waals surface area contributed by atoms with Gasteiger partial charge in [0, 0.05) is 12.4 Å². The Morgan fingerprint density at radius 1 is 0.784 bits per heavy atom. The standard InChI is InChI=1S/C28H32BN3O5/c1-29(36)25(18-22-13-7-3-8-14-22)32-27(34)24(17-21-11-5-2-6-12-21)31-26(33)19-30-28(35)37-20-23-15-9-4-10-16-23/h2-16,24-25,36H,17-20H2,1H3,(H,30,35)(H,31,33)(H,32,34). The van der Waals surface area contributed by atoms with Crippen molar-refractivity contribution in [2.45, 2.75) is 38.3 Å². The molecule has 3 aromatic rings. The van der Waals surface area contributed by atoms with Crippen molar-refractivity contribution in [1.82, 2.24) is 16.0 Å². The maximum Gasteiger partial charge on any atom is 0.407 e. The third-order valence-electron chi connectivity index (χ3n) is 5.75. The largest absolute Gasteiger partial charge is 0.449 e. The van der Waals surface area contributed by atoms with Crippen LogP contribution >= 0.6 is 0 Å². The summed E-state index contributed by atoms with van der Waals surface area (Å²) in [6.07, 6.45) is -0.0557. The van der Waals surface area contributed by atoms with E-state index < -0.39 is 36.8 Å². The lowest BCUT2D eigenvalue weighted by molar-refractivity contribution is -0.128. The van der Waals surface area contributed by atoms with Crippen LogP contribution in [0, 0.1) is 0 Å². The molecule has 192 valence electrons. The van der Waals surface area contributed by atoms with E-state index in [0.717, 1.165) is 16.7 Å². The van der Waals surface area contributed by atoms with E-state index in [1.807, 2.05) is 91.0 Å². The van der Waals surface area contributed by atoms with Crippen LogP contribution in [0.5, 0.6) is 0 Å². The summed E-state index contributed by atoms with van der Waals surface area (Å²) in [5.41, 5.74) is 2.65. The van der Waals surface area contributed by atoms with Crippen molar-refractivity contribution in [2.75, 3.05) is 6.54 Å². The van der Waals surface area contributed by atoms with Crippen LogP contribution in [0.4, 0.5) is 4.79 Å². The van der Waals surface area contributed by atoms with Crippen LogP contribution in [0.3, 0.4) is 0 Å². The monoisotopic (exact) mass is 501 g/mol. The molecule has 2 atom stereocenters. The third-order valence-corrected chi connectivity index (χ3v) is 5.75. The summed E-state index contributed by atoms with van der Waals surface area (Å²) in [4.78, 5) is 37.9. The van der Waals surface area contributed by atoms with Crippen LogP contribution in [-0.4, -0.2) is 48.4 Å². The molecule has 9 heteroatoms. The number of carbonyl (C=O) groups excluding carboxylic acids is 3. The topological polar surface area (TPSA) is 117 Å². The van der Waals surface area contributed by atoms with Crippen molar-refractivity contribution in [2.24, 2.45) is 0 Å². The van der Waals surface area contributed by atoms with Gasteiger partial charge in [-0.05, 0) is 23.1 Å². The van der Waals surface area contributed by atoms with Crippen molar-refractivity contribution in [3.05, 3.63) is 108 Å². The van der Waals surface area contributed by atoms with E-state index in [1.165, 1.54) is 0 Å². The Bertz CT molecular complexity index is 1130. The molecule has 4 N–H and O–H groups in total. The summed E-state index contributed by atoms with van der Waals surface area (Å²) in [5.74, 6) is -1.51. The fourth-order valence-electron chi connectivity index (χ4n) is 3.72. The van der Waals surface area contributed by atoms with Gasteiger partial charge >= 0.3 is 13.0 Å². The Kier molecular flexibility index (Phi) is 10.7. The summed E-state index contributed by atoms with van der Waals surface area (Å²) in [6, 6.07) is 27.1. The molecule has 3 aromatic carbocycles. The van der Waals surface area contributed by atoms with E-state index in [2.05, 4.69) is 16.0 Å². The zero-order valence-electron chi connectivity index (χ0n) is 20.8. The molecule has 0 aliphatic rings. The minimum Gasteiger partial charge on any atom is -0.449 e. The van der Waals surface area contributed by atoms with Crippen molar-refractivity contribution in [3.8, 4) is 0 Å². The van der Waals surface area contributed by atoms with Gasteiger partial charge in [-0.1, -0.05) is 97.8 Å². The number of ether oxygens (including phenoxy) is 1. The van der Waals surface area contributed by atoms with E-state index in [4.69, 9.17) is 4.74 Å². The molecule has 0 aliphatic carbocycles. The van der Waals surface area contributed by atoms with Crippen LogP contribution in [0.15, 0.2) is 91.0 Å². The third kappa shape index (κ3) is 9.81. The molecule has 0 aromatic heterocycles. The number of carbonyl (C=O) groups is 3. The van der Waals surface area contributed by atoms with Gasteiger partial charge in [-0.3, -0.25) is 9.59 Å². The molecule has 0 saturated heterocycles. The van der Waals surface area contributed by atoms with Crippen LogP contribution in [-0.2, 0) is 33.8 Å². The average molecular weight is 501 g/mol. The number of rotatable bonds is 12. The summed E-state index contributed by atoms with van der Waals surface area (Å²) in [7, 11) is 0. The maximum atomic E-state index is 13.2. The second-order valence-electron chi connectivity index (χ2n) is 8.77. The predicted molar refractivity (Wildman–Crippen MR) is 143 cm³/mol. The number of amides is 3. The normalized spacial score (nSPS) is 12.1.